The standard InChI is InChI=1S/C28H30N2O5/c31-25(30-17-12-14-28(30,15-13-17)26(32)33)22-10-5-11-24(22)29-27(34)35-16-23-20-8-3-1-6-18(20)19-7-2-4-9-21(19)23/h1-4,6-9,17,22-24H,5,10-16H2,(H,29,34)(H,32,33)/t17?,22-,24+,28?/m1/s1. The molecule has 2 saturated heterocycles. The van der Waals surface area contributed by atoms with E-state index in [1.165, 1.54) is 11.1 Å². The summed E-state index contributed by atoms with van der Waals surface area (Å²) < 4.78 is 5.70. The number of ether oxygens (including phenoxy) is 1. The number of carboxylic acid groups (broad SMARTS) is 1. The average molecular weight is 475 g/mol. The molecule has 7 nitrogen and oxygen atoms in total. The van der Waals surface area contributed by atoms with Gasteiger partial charge in [-0.2, -0.15) is 0 Å². The molecule has 182 valence electrons. The number of hydrogen-bond acceptors (Lipinski definition) is 4. The quantitative estimate of drug-likeness (QED) is 0.674. The maximum absolute atomic E-state index is 13.5. The van der Waals surface area contributed by atoms with Crippen molar-refractivity contribution in [2.45, 2.75) is 68.5 Å². The second kappa shape index (κ2) is 8.40. The minimum Gasteiger partial charge on any atom is -0.479 e. The summed E-state index contributed by atoms with van der Waals surface area (Å²) in [6.07, 6.45) is 4.19. The summed E-state index contributed by atoms with van der Waals surface area (Å²) in [5, 5.41) is 12.8. The third-order valence-electron chi connectivity index (χ3n) is 8.72. The number of carboxylic acids is 1. The molecule has 1 saturated carbocycles. The Labute approximate surface area is 204 Å². The largest absolute Gasteiger partial charge is 0.479 e. The van der Waals surface area contributed by atoms with Crippen molar-refractivity contribution in [3.63, 3.8) is 0 Å². The van der Waals surface area contributed by atoms with Crippen molar-refractivity contribution >= 4 is 18.0 Å². The highest BCUT2D eigenvalue weighted by molar-refractivity contribution is 5.90. The Balaban J connectivity index is 1.13. The van der Waals surface area contributed by atoms with Crippen molar-refractivity contribution in [1.29, 1.82) is 0 Å². The van der Waals surface area contributed by atoms with Crippen LogP contribution >= 0.6 is 0 Å². The Hall–Kier alpha value is -3.35. The summed E-state index contributed by atoms with van der Waals surface area (Å²) in [5.74, 6) is -1.43. The lowest BCUT2D eigenvalue weighted by atomic mass is 9.87. The molecule has 2 heterocycles. The maximum atomic E-state index is 13.5. The molecule has 7 heteroatoms. The average Bonchev–Trinajstić information content (AvgIpc) is 3.64. The highest BCUT2D eigenvalue weighted by atomic mass is 16.5. The second-order valence-corrected chi connectivity index (χ2v) is 10.4. The molecule has 2 amide bonds. The lowest BCUT2D eigenvalue weighted by Gasteiger charge is -2.34. The van der Waals surface area contributed by atoms with Crippen LogP contribution in [0, 0.1) is 5.92 Å². The molecule has 0 radical (unpaired) electrons. The lowest BCUT2D eigenvalue weighted by Crippen LogP contribution is -2.55. The van der Waals surface area contributed by atoms with E-state index in [0.29, 0.717) is 25.7 Å². The van der Waals surface area contributed by atoms with E-state index in [2.05, 4.69) is 29.6 Å². The highest BCUT2D eigenvalue weighted by Gasteiger charge is 2.60. The predicted molar refractivity (Wildman–Crippen MR) is 129 cm³/mol. The molecule has 3 fully saturated rings. The number of hydrogen-bond donors (Lipinski definition) is 2. The van der Waals surface area contributed by atoms with E-state index in [0.717, 1.165) is 30.4 Å². The zero-order valence-corrected chi connectivity index (χ0v) is 19.6. The van der Waals surface area contributed by atoms with Gasteiger partial charge in [-0.1, -0.05) is 55.0 Å². The highest BCUT2D eigenvalue weighted by Crippen LogP contribution is 2.48. The minimum absolute atomic E-state index is 0.00862. The van der Waals surface area contributed by atoms with Crippen LogP contribution < -0.4 is 5.32 Å². The van der Waals surface area contributed by atoms with Crippen molar-refractivity contribution in [3.05, 3.63) is 59.7 Å². The molecule has 0 spiro atoms. The molecule has 2 N–H and O–H groups in total. The van der Waals surface area contributed by atoms with Gasteiger partial charge in [0.2, 0.25) is 5.91 Å². The Bertz CT molecular complexity index is 1140. The molecule has 2 aliphatic carbocycles. The summed E-state index contributed by atoms with van der Waals surface area (Å²) in [6.45, 7) is 0.224. The van der Waals surface area contributed by atoms with Crippen LogP contribution in [-0.2, 0) is 14.3 Å². The number of rotatable bonds is 5. The smallest absolute Gasteiger partial charge is 0.407 e. The first-order valence-electron chi connectivity index (χ1n) is 12.7. The summed E-state index contributed by atoms with van der Waals surface area (Å²) in [7, 11) is 0. The fraction of sp³-hybridized carbons (Fsp3) is 0.464. The van der Waals surface area contributed by atoms with Gasteiger partial charge in [-0.25, -0.2) is 9.59 Å². The van der Waals surface area contributed by atoms with Crippen LogP contribution in [0.3, 0.4) is 0 Å². The van der Waals surface area contributed by atoms with Crippen molar-refractivity contribution in [2.24, 2.45) is 5.92 Å². The normalized spacial score (nSPS) is 28.6. The third kappa shape index (κ3) is 3.43. The fourth-order valence-electron chi connectivity index (χ4n) is 7.03. The number of carbonyl (C=O) groups is 3. The number of nitrogens with zero attached hydrogens (tertiary/aromatic N) is 1. The molecule has 2 aromatic rings. The first-order valence-corrected chi connectivity index (χ1v) is 12.7. The number of aliphatic carboxylic acids is 1. The number of benzene rings is 2. The van der Waals surface area contributed by atoms with Gasteiger partial charge in [-0.05, 0) is 60.8 Å². The van der Waals surface area contributed by atoms with Crippen molar-refractivity contribution < 1.29 is 24.2 Å². The van der Waals surface area contributed by atoms with Crippen LogP contribution in [0.1, 0.15) is 62.0 Å². The van der Waals surface area contributed by atoms with E-state index in [1.807, 2.05) is 24.3 Å². The number of nitrogens with one attached hydrogen (secondary N) is 1. The zero-order chi connectivity index (χ0) is 24.2. The van der Waals surface area contributed by atoms with Gasteiger partial charge in [0.25, 0.3) is 0 Å². The summed E-state index contributed by atoms with van der Waals surface area (Å²) in [6, 6.07) is 16.1. The molecule has 2 atom stereocenters. The van der Waals surface area contributed by atoms with Gasteiger partial charge in [0, 0.05) is 18.0 Å². The van der Waals surface area contributed by atoms with Crippen LogP contribution in [0.25, 0.3) is 11.1 Å². The lowest BCUT2D eigenvalue weighted by molar-refractivity contribution is -0.157. The second-order valence-electron chi connectivity index (χ2n) is 10.4. The Morgan fingerprint density at radius 2 is 1.57 bits per heavy atom. The van der Waals surface area contributed by atoms with Crippen LogP contribution in [-0.4, -0.2) is 52.2 Å². The molecule has 6 rings (SSSR count). The first-order chi connectivity index (χ1) is 17.0. The summed E-state index contributed by atoms with van der Waals surface area (Å²) >= 11 is 0. The Morgan fingerprint density at radius 3 is 2.20 bits per heavy atom. The molecule has 2 aromatic carbocycles. The topological polar surface area (TPSA) is 95.9 Å². The number of alkyl carbamates (subject to hydrolysis) is 1. The SMILES string of the molecule is O=C(N[C@H]1CCC[C@H]1C(=O)N1C2CCC1(C(=O)O)CC2)OCC1c2ccccc2-c2ccccc21. The van der Waals surface area contributed by atoms with Gasteiger partial charge in [-0.3, -0.25) is 4.79 Å². The molecule has 0 aromatic heterocycles. The molecule has 4 aliphatic rings. The van der Waals surface area contributed by atoms with Crippen LogP contribution in [0.15, 0.2) is 48.5 Å². The van der Waals surface area contributed by atoms with E-state index >= 15 is 0 Å². The van der Waals surface area contributed by atoms with E-state index in [1.54, 1.807) is 4.90 Å². The van der Waals surface area contributed by atoms with Gasteiger partial charge in [0.15, 0.2) is 0 Å². The van der Waals surface area contributed by atoms with E-state index in [-0.39, 0.29) is 30.5 Å². The van der Waals surface area contributed by atoms with Gasteiger partial charge >= 0.3 is 12.1 Å². The maximum Gasteiger partial charge on any atom is 0.407 e. The van der Waals surface area contributed by atoms with Crippen LogP contribution in [0.4, 0.5) is 4.79 Å². The third-order valence-corrected chi connectivity index (χ3v) is 8.72. The van der Waals surface area contributed by atoms with E-state index in [9.17, 15) is 19.5 Å². The molecule has 2 bridgehead atoms. The van der Waals surface area contributed by atoms with Crippen molar-refractivity contribution in [1.82, 2.24) is 10.2 Å². The molecular formula is C28H30N2O5. The van der Waals surface area contributed by atoms with Crippen molar-refractivity contribution in [3.8, 4) is 11.1 Å². The Kier molecular flexibility index (Phi) is 5.31. The number of fused-ring (bicyclic) bond motifs is 5. The van der Waals surface area contributed by atoms with Gasteiger partial charge < -0.3 is 20.1 Å². The molecule has 35 heavy (non-hydrogen) atoms. The van der Waals surface area contributed by atoms with Gasteiger partial charge in [-0.15, -0.1) is 0 Å². The van der Waals surface area contributed by atoms with Gasteiger partial charge in [0.05, 0.1) is 5.92 Å². The van der Waals surface area contributed by atoms with Crippen molar-refractivity contribution in [2.75, 3.05) is 6.61 Å². The summed E-state index contributed by atoms with van der Waals surface area (Å²) in [4.78, 5) is 40.1. The minimum atomic E-state index is -1.06. The molecule has 0 unspecified atom stereocenters. The predicted octanol–water partition coefficient (Wildman–Crippen LogP) is 4.30. The monoisotopic (exact) mass is 474 g/mol. The fourth-order valence-corrected chi connectivity index (χ4v) is 7.03. The molecule has 2 aliphatic heterocycles. The van der Waals surface area contributed by atoms with Crippen LogP contribution in [0.2, 0.25) is 0 Å². The van der Waals surface area contributed by atoms with E-state index < -0.39 is 23.5 Å². The first kappa shape index (κ1) is 22.1. The Morgan fingerprint density at radius 1 is 0.943 bits per heavy atom. The zero-order valence-electron chi connectivity index (χ0n) is 19.6. The summed E-state index contributed by atoms with van der Waals surface area (Å²) in [5.41, 5.74) is 3.59. The van der Waals surface area contributed by atoms with Crippen LogP contribution in [0.5, 0.6) is 0 Å². The van der Waals surface area contributed by atoms with E-state index in [4.69, 9.17) is 4.74 Å². The number of amides is 2. The van der Waals surface area contributed by atoms with Gasteiger partial charge in [0.1, 0.15) is 12.1 Å². The number of carbonyl (C=O) groups excluding carboxylic acids is 2. The molecular weight excluding hydrogens is 444 g/mol.